The van der Waals surface area contributed by atoms with Crippen molar-refractivity contribution in [3.05, 3.63) is 41.9 Å². The fourth-order valence-electron chi connectivity index (χ4n) is 4.32. The van der Waals surface area contributed by atoms with Crippen molar-refractivity contribution in [1.82, 2.24) is 19.9 Å². The largest absolute Gasteiger partial charge is 0.416 e. The van der Waals surface area contributed by atoms with Gasteiger partial charge in [-0.3, -0.25) is 4.79 Å². The SMILES string of the molecule is O=C(C1CCCC1)N1CCCC[C@H]1c1ccnc(Nc2cc(C(F)(F)F)ccn2)n1. The van der Waals surface area contributed by atoms with Gasteiger partial charge in [0.1, 0.15) is 5.82 Å². The summed E-state index contributed by atoms with van der Waals surface area (Å²) >= 11 is 0. The molecule has 1 saturated carbocycles. The van der Waals surface area contributed by atoms with Crippen LogP contribution in [0.15, 0.2) is 30.6 Å². The van der Waals surface area contributed by atoms with E-state index in [-0.39, 0.29) is 29.6 Å². The van der Waals surface area contributed by atoms with Crippen molar-refractivity contribution in [2.45, 2.75) is 57.2 Å². The van der Waals surface area contributed by atoms with Gasteiger partial charge in [-0.05, 0) is 50.3 Å². The molecule has 0 radical (unpaired) electrons. The van der Waals surface area contributed by atoms with E-state index in [1.807, 2.05) is 4.90 Å². The number of nitrogens with one attached hydrogen (secondary N) is 1. The van der Waals surface area contributed by atoms with Crippen LogP contribution in [0.3, 0.4) is 0 Å². The molecule has 0 aromatic carbocycles. The summed E-state index contributed by atoms with van der Waals surface area (Å²) in [4.78, 5) is 27.5. The molecule has 4 rings (SSSR count). The Morgan fingerprint density at radius 3 is 2.53 bits per heavy atom. The van der Waals surface area contributed by atoms with E-state index in [1.165, 1.54) is 0 Å². The maximum atomic E-state index is 13.0. The van der Waals surface area contributed by atoms with Gasteiger partial charge >= 0.3 is 6.18 Å². The van der Waals surface area contributed by atoms with Crippen LogP contribution in [0.5, 0.6) is 0 Å². The number of rotatable bonds is 4. The lowest BCUT2D eigenvalue weighted by Crippen LogP contribution is -2.41. The van der Waals surface area contributed by atoms with Crippen LogP contribution in [-0.2, 0) is 11.0 Å². The van der Waals surface area contributed by atoms with Crippen molar-refractivity contribution in [2.24, 2.45) is 5.92 Å². The van der Waals surface area contributed by atoms with Crippen molar-refractivity contribution < 1.29 is 18.0 Å². The fraction of sp³-hybridized carbons (Fsp3) is 0.524. The first-order valence-electron chi connectivity index (χ1n) is 10.4. The zero-order valence-corrected chi connectivity index (χ0v) is 16.5. The van der Waals surface area contributed by atoms with Crippen molar-refractivity contribution >= 4 is 17.7 Å². The zero-order chi connectivity index (χ0) is 21.1. The van der Waals surface area contributed by atoms with E-state index in [0.717, 1.165) is 63.3 Å². The van der Waals surface area contributed by atoms with Gasteiger partial charge in [0.2, 0.25) is 11.9 Å². The number of alkyl halides is 3. The fourth-order valence-corrected chi connectivity index (χ4v) is 4.32. The third-order valence-electron chi connectivity index (χ3n) is 5.84. The summed E-state index contributed by atoms with van der Waals surface area (Å²) < 4.78 is 38.8. The Morgan fingerprint density at radius 2 is 1.77 bits per heavy atom. The van der Waals surface area contributed by atoms with Crippen LogP contribution in [0.25, 0.3) is 0 Å². The van der Waals surface area contributed by atoms with Crippen molar-refractivity contribution in [2.75, 3.05) is 11.9 Å². The monoisotopic (exact) mass is 419 g/mol. The van der Waals surface area contributed by atoms with Gasteiger partial charge < -0.3 is 10.2 Å². The third kappa shape index (κ3) is 4.55. The lowest BCUT2D eigenvalue weighted by Gasteiger charge is -2.37. The standard InChI is InChI=1S/C21H24F3N5O/c22-21(23,24)15-8-10-25-18(13-15)28-20-26-11-9-16(27-20)17-7-3-4-12-29(17)19(30)14-5-1-2-6-14/h8-11,13-14,17H,1-7,12H2,(H,25,26,27,28)/t17-/m0/s1. The number of hydrogen-bond donors (Lipinski definition) is 1. The Kier molecular flexibility index (Phi) is 5.87. The third-order valence-corrected chi connectivity index (χ3v) is 5.84. The smallest absolute Gasteiger partial charge is 0.334 e. The number of pyridine rings is 1. The number of carbonyl (C=O) groups excluding carboxylic acids is 1. The molecular weight excluding hydrogens is 395 g/mol. The highest BCUT2D eigenvalue weighted by molar-refractivity contribution is 5.79. The molecule has 9 heteroatoms. The molecule has 1 atom stereocenters. The average molecular weight is 419 g/mol. The van der Waals surface area contributed by atoms with Crippen LogP contribution in [0, 0.1) is 5.92 Å². The maximum Gasteiger partial charge on any atom is 0.416 e. The van der Waals surface area contributed by atoms with Crippen LogP contribution in [0.2, 0.25) is 0 Å². The molecule has 0 spiro atoms. The Labute approximate surface area is 172 Å². The topological polar surface area (TPSA) is 71.0 Å². The van der Waals surface area contributed by atoms with E-state index in [0.29, 0.717) is 12.2 Å². The summed E-state index contributed by atoms with van der Waals surface area (Å²) in [6, 6.07) is 3.48. The number of hydrogen-bond acceptors (Lipinski definition) is 5. The highest BCUT2D eigenvalue weighted by atomic mass is 19.4. The minimum Gasteiger partial charge on any atom is -0.334 e. The molecule has 1 saturated heterocycles. The minimum atomic E-state index is -4.45. The van der Waals surface area contributed by atoms with Crippen LogP contribution >= 0.6 is 0 Å². The van der Waals surface area contributed by atoms with Gasteiger partial charge in [-0.15, -0.1) is 0 Å². The summed E-state index contributed by atoms with van der Waals surface area (Å²) in [6.45, 7) is 0.710. The number of piperidine rings is 1. The number of likely N-dealkylation sites (tertiary alicyclic amines) is 1. The van der Waals surface area contributed by atoms with Crippen molar-refractivity contribution in [3.63, 3.8) is 0 Å². The lowest BCUT2D eigenvalue weighted by atomic mass is 9.96. The van der Waals surface area contributed by atoms with Gasteiger partial charge in [0.25, 0.3) is 0 Å². The molecule has 1 aliphatic carbocycles. The molecule has 1 N–H and O–H groups in total. The van der Waals surface area contributed by atoms with Crippen molar-refractivity contribution in [3.8, 4) is 0 Å². The molecule has 1 aliphatic heterocycles. The molecule has 2 aromatic heterocycles. The van der Waals surface area contributed by atoms with Gasteiger partial charge in [-0.1, -0.05) is 12.8 Å². The first-order chi connectivity index (χ1) is 14.4. The Hall–Kier alpha value is -2.71. The van der Waals surface area contributed by atoms with Gasteiger partial charge in [-0.2, -0.15) is 13.2 Å². The average Bonchev–Trinajstić information content (AvgIpc) is 3.28. The molecule has 2 fully saturated rings. The van der Waals surface area contributed by atoms with Crippen LogP contribution in [-0.4, -0.2) is 32.3 Å². The second kappa shape index (κ2) is 8.57. The molecular formula is C21H24F3N5O. The summed E-state index contributed by atoms with van der Waals surface area (Å²) in [5.74, 6) is 0.479. The normalized spacial score (nSPS) is 20.4. The van der Waals surface area contributed by atoms with E-state index in [2.05, 4.69) is 20.3 Å². The Morgan fingerprint density at radius 1 is 1.03 bits per heavy atom. The predicted octanol–water partition coefficient (Wildman–Crippen LogP) is 4.88. The summed E-state index contributed by atoms with van der Waals surface area (Å²) in [5.41, 5.74) is -0.0951. The van der Waals surface area contributed by atoms with Gasteiger partial charge in [0, 0.05) is 24.9 Å². The highest BCUT2D eigenvalue weighted by Gasteiger charge is 2.34. The predicted molar refractivity (Wildman–Crippen MR) is 105 cm³/mol. The second-order valence-corrected chi connectivity index (χ2v) is 7.88. The second-order valence-electron chi connectivity index (χ2n) is 7.88. The van der Waals surface area contributed by atoms with E-state index in [9.17, 15) is 18.0 Å². The molecule has 160 valence electrons. The van der Waals surface area contributed by atoms with E-state index < -0.39 is 11.7 Å². The van der Waals surface area contributed by atoms with Gasteiger partial charge in [-0.25, -0.2) is 15.0 Å². The van der Waals surface area contributed by atoms with E-state index in [4.69, 9.17) is 0 Å². The minimum absolute atomic E-state index is 0.0181. The molecule has 0 unspecified atom stereocenters. The molecule has 1 amide bonds. The number of carbonyl (C=O) groups is 1. The van der Waals surface area contributed by atoms with Gasteiger partial charge in [0.15, 0.2) is 0 Å². The molecule has 2 aromatic rings. The highest BCUT2D eigenvalue weighted by Crippen LogP contribution is 2.35. The number of anilines is 2. The molecule has 6 nitrogen and oxygen atoms in total. The molecule has 30 heavy (non-hydrogen) atoms. The Bertz CT molecular complexity index is 898. The maximum absolute atomic E-state index is 13.0. The number of amides is 1. The zero-order valence-electron chi connectivity index (χ0n) is 16.5. The van der Waals surface area contributed by atoms with E-state index in [1.54, 1.807) is 12.3 Å². The quantitative estimate of drug-likeness (QED) is 0.765. The Balaban J connectivity index is 1.54. The first-order valence-corrected chi connectivity index (χ1v) is 10.4. The summed E-state index contributed by atoms with van der Waals surface area (Å²) in [5, 5.41) is 2.76. The first kappa shape index (κ1) is 20.6. The van der Waals surface area contributed by atoms with Crippen LogP contribution < -0.4 is 5.32 Å². The number of halogens is 3. The van der Waals surface area contributed by atoms with Crippen LogP contribution in [0.4, 0.5) is 24.9 Å². The molecule has 3 heterocycles. The molecule has 0 bridgehead atoms. The summed E-state index contributed by atoms with van der Waals surface area (Å²) in [7, 11) is 0. The van der Waals surface area contributed by atoms with Gasteiger partial charge in [0.05, 0.1) is 17.3 Å². The number of nitrogens with zero attached hydrogens (tertiary/aromatic N) is 4. The van der Waals surface area contributed by atoms with E-state index >= 15 is 0 Å². The molecule has 2 aliphatic rings. The lowest BCUT2D eigenvalue weighted by molar-refractivity contribution is -0.139. The number of aromatic nitrogens is 3. The van der Waals surface area contributed by atoms with Crippen molar-refractivity contribution in [1.29, 1.82) is 0 Å². The van der Waals surface area contributed by atoms with Crippen LogP contribution in [0.1, 0.15) is 62.2 Å². The summed E-state index contributed by atoms with van der Waals surface area (Å²) in [6.07, 6.45) is 5.08.